The smallest absolute Gasteiger partial charge is 0.137 e. The van der Waals surface area contributed by atoms with Crippen molar-refractivity contribution in [1.29, 1.82) is 0 Å². The highest BCUT2D eigenvalue weighted by molar-refractivity contribution is 6.10. The number of para-hydroxylation sites is 2. The van der Waals surface area contributed by atoms with Gasteiger partial charge in [0.25, 0.3) is 0 Å². The van der Waals surface area contributed by atoms with E-state index < -0.39 is 0 Å². The van der Waals surface area contributed by atoms with Crippen LogP contribution in [-0.4, -0.2) is 29.1 Å². The molecule has 0 bridgehead atoms. The highest BCUT2D eigenvalue weighted by atomic mass is 16.5. The first-order valence-corrected chi connectivity index (χ1v) is 18.8. The van der Waals surface area contributed by atoms with E-state index in [1.807, 2.05) is 146 Å². The molecule has 0 spiro atoms. The lowest BCUT2D eigenvalue weighted by Crippen LogP contribution is -1.96. The van der Waals surface area contributed by atoms with Crippen molar-refractivity contribution in [1.82, 2.24) is 29.1 Å². The van der Waals surface area contributed by atoms with Crippen molar-refractivity contribution in [2.24, 2.45) is 0 Å². The lowest BCUT2D eigenvalue weighted by molar-refractivity contribution is 0.483. The summed E-state index contributed by atoms with van der Waals surface area (Å²) in [4.78, 5) is 18.8. The molecular weight excluding hydrogens is 717 g/mol. The number of fused-ring (bicyclic) bond motifs is 6. The Labute approximate surface area is 335 Å². The average Bonchev–Trinajstić information content (AvgIpc) is 3.78. The number of ether oxygens (including phenoxy) is 2. The minimum Gasteiger partial charge on any atom is -0.457 e. The lowest BCUT2D eigenvalue weighted by Gasteiger charge is -2.11. The first-order chi connectivity index (χ1) is 29.5. The molecule has 0 saturated heterocycles. The molecule has 274 valence electrons. The van der Waals surface area contributed by atoms with Crippen LogP contribution in [0.1, 0.15) is 2.74 Å². The highest BCUT2D eigenvalue weighted by Crippen LogP contribution is 2.37. The Morgan fingerprint density at radius 1 is 0.379 bits per heavy atom. The van der Waals surface area contributed by atoms with Crippen LogP contribution < -0.4 is 9.47 Å². The number of benzene rings is 6. The van der Waals surface area contributed by atoms with Gasteiger partial charge in [0, 0.05) is 57.2 Å². The van der Waals surface area contributed by atoms with E-state index >= 15 is 0 Å². The van der Waals surface area contributed by atoms with Gasteiger partial charge in [-0.05, 0) is 84.9 Å². The number of hydrogen-bond acceptors (Lipinski definition) is 6. The molecular formula is C50H32N6O2. The molecule has 5 aromatic heterocycles. The predicted octanol–water partition coefficient (Wildman–Crippen LogP) is 12.4. The van der Waals surface area contributed by atoms with Crippen LogP contribution in [0.15, 0.2) is 195 Å². The standard InChI is InChI=1S/C50H32N6O2/c1-3-17-45-39(15-1)41-23-21-37(29-47(41)55(45)49-19-5-7-25-51-49)57-35-13-9-11-33(27-35)43-31-54-44(32-53-43)34-12-10-14-36(28-34)58-38-22-24-42-40-16-2-4-18-46(40)56(48(42)30-38)50-20-6-8-26-52-50/h1-32H/i1D,2D. The molecule has 0 N–H and O–H groups in total. The summed E-state index contributed by atoms with van der Waals surface area (Å²) in [6.07, 6.45) is 7.10. The Morgan fingerprint density at radius 3 is 1.29 bits per heavy atom. The van der Waals surface area contributed by atoms with Crippen molar-refractivity contribution in [2.75, 3.05) is 0 Å². The van der Waals surface area contributed by atoms with Gasteiger partial charge in [0.15, 0.2) is 0 Å². The van der Waals surface area contributed by atoms with Gasteiger partial charge in [-0.2, -0.15) is 0 Å². The fourth-order valence-electron chi connectivity index (χ4n) is 7.70. The van der Waals surface area contributed by atoms with Crippen molar-refractivity contribution < 1.29 is 12.2 Å². The SMILES string of the molecule is [2H]c1ccc2c(c1)c1ccc(Oc3cccc(-c4cnc(-c5cccc(Oc6ccc7c8cc([2H])ccc8n(-c8ccccn8)c7c6)c5)cn4)c3)cc1n2-c1ccccn1. The number of nitrogens with zero attached hydrogens (tertiary/aromatic N) is 6. The van der Waals surface area contributed by atoms with Crippen LogP contribution in [0.5, 0.6) is 23.0 Å². The van der Waals surface area contributed by atoms with E-state index in [-0.39, 0.29) is 0 Å². The Hall–Kier alpha value is -8.10. The number of hydrogen-bond donors (Lipinski definition) is 0. The van der Waals surface area contributed by atoms with E-state index in [0.29, 0.717) is 46.5 Å². The van der Waals surface area contributed by atoms with Crippen LogP contribution >= 0.6 is 0 Å². The second-order valence-electron chi connectivity index (χ2n) is 13.8. The molecule has 58 heavy (non-hydrogen) atoms. The van der Waals surface area contributed by atoms with Gasteiger partial charge in [0.1, 0.15) is 34.6 Å². The fourth-order valence-corrected chi connectivity index (χ4v) is 7.70. The quantitative estimate of drug-likeness (QED) is 0.154. The maximum atomic E-state index is 8.24. The van der Waals surface area contributed by atoms with Crippen molar-refractivity contribution in [3.63, 3.8) is 0 Å². The van der Waals surface area contributed by atoms with Crippen LogP contribution in [-0.2, 0) is 0 Å². The highest BCUT2D eigenvalue weighted by Gasteiger charge is 2.16. The van der Waals surface area contributed by atoms with Gasteiger partial charge in [-0.25, -0.2) is 9.97 Å². The van der Waals surface area contributed by atoms with Crippen LogP contribution in [0.4, 0.5) is 0 Å². The molecule has 11 aromatic rings. The Bertz CT molecular complexity index is 3180. The summed E-state index contributed by atoms with van der Waals surface area (Å²) in [6.45, 7) is 0. The van der Waals surface area contributed by atoms with Gasteiger partial charge < -0.3 is 9.47 Å². The first-order valence-electron chi connectivity index (χ1n) is 19.8. The molecule has 0 radical (unpaired) electrons. The molecule has 6 aromatic carbocycles. The van der Waals surface area contributed by atoms with Crippen LogP contribution in [0.3, 0.4) is 0 Å². The third-order valence-corrected chi connectivity index (χ3v) is 10.3. The summed E-state index contributed by atoms with van der Waals surface area (Å²) < 4.78 is 33.6. The van der Waals surface area contributed by atoms with E-state index in [1.165, 1.54) is 0 Å². The summed E-state index contributed by atoms with van der Waals surface area (Å²) in [5.41, 5.74) is 6.99. The summed E-state index contributed by atoms with van der Waals surface area (Å²) in [5, 5.41) is 4.01. The summed E-state index contributed by atoms with van der Waals surface area (Å²) >= 11 is 0. The van der Waals surface area contributed by atoms with E-state index in [4.69, 9.17) is 22.2 Å². The van der Waals surface area contributed by atoms with E-state index in [1.54, 1.807) is 36.9 Å². The Morgan fingerprint density at radius 2 is 0.845 bits per heavy atom. The maximum Gasteiger partial charge on any atom is 0.137 e. The maximum absolute atomic E-state index is 8.24. The molecule has 0 aliphatic carbocycles. The molecule has 0 atom stereocenters. The van der Waals surface area contributed by atoms with Gasteiger partial charge in [-0.15, -0.1) is 0 Å². The second kappa shape index (κ2) is 13.9. The van der Waals surface area contributed by atoms with E-state index in [9.17, 15) is 0 Å². The van der Waals surface area contributed by atoms with Crippen molar-refractivity contribution in [2.45, 2.75) is 0 Å². The molecule has 5 heterocycles. The van der Waals surface area contributed by atoms with Gasteiger partial charge in [0.05, 0.1) is 48.6 Å². The minimum atomic E-state index is 0.455. The predicted molar refractivity (Wildman–Crippen MR) is 230 cm³/mol. The van der Waals surface area contributed by atoms with Crippen LogP contribution in [0, 0.1) is 0 Å². The molecule has 11 rings (SSSR count). The number of pyridine rings is 2. The zero-order chi connectivity index (χ0) is 40.2. The van der Waals surface area contributed by atoms with Gasteiger partial charge in [-0.3, -0.25) is 19.1 Å². The molecule has 8 nitrogen and oxygen atoms in total. The third-order valence-electron chi connectivity index (χ3n) is 10.3. The molecule has 0 saturated carbocycles. The molecule has 0 aliphatic rings. The number of rotatable bonds is 8. The molecule has 0 fully saturated rings. The van der Waals surface area contributed by atoms with Gasteiger partial charge in [0.2, 0.25) is 0 Å². The molecule has 0 amide bonds. The van der Waals surface area contributed by atoms with Gasteiger partial charge in [-0.1, -0.05) is 72.7 Å². The summed E-state index contributed by atoms with van der Waals surface area (Å²) in [7, 11) is 0. The normalized spacial score (nSPS) is 11.9. The molecule has 0 unspecified atom stereocenters. The summed E-state index contributed by atoms with van der Waals surface area (Å²) in [5.74, 6) is 4.26. The van der Waals surface area contributed by atoms with E-state index in [0.717, 1.165) is 66.4 Å². The Kier molecular flexibility index (Phi) is 7.45. The third kappa shape index (κ3) is 5.88. The zero-order valence-corrected chi connectivity index (χ0v) is 30.8. The fraction of sp³-hybridized carbons (Fsp3) is 0. The van der Waals surface area contributed by atoms with Crippen LogP contribution in [0.25, 0.3) is 77.8 Å². The van der Waals surface area contributed by atoms with Crippen molar-refractivity contribution in [3.8, 4) is 57.1 Å². The van der Waals surface area contributed by atoms with E-state index in [2.05, 4.69) is 19.1 Å². The largest absolute Gasteiger partial charge is 0.457 e. The first kappa shape index (κ1) is 31.1. The average molecular weight is 751 g/mol. The van der Waals surface area contributed by atoms with Crippen LogP contribution in [0.2, 0.25) is 0 Å². The zero-order valence-electron chi connectivity index (χ0n) is 32.8. The minimum absolute atomic E-state index is 0.455. The lowest BCUT2D eigenvalue weighted by atomic mass is 10.1. The summed E-state index contributed by atoms with van der Waals surface area (Å²) in [6, 6.07) is 51.5. The van der Waals surface area contributed by atoms with Crippen molar-refractivity contribution in [3.05, 3.63) is 195 Å². The monoisotopic (exact) mass is 750 g/mol. The molecule has 0 aliphatic heterocycles. The molecule has 8 heteroatoms. The topological polar surface area (TPSA) is 79.9 Å². The van der Waals surface area contributed by atoms with Gasteiger partial charge >= 0.3 is 0 Å². The number of aromatic nitrogens is 6. The Balaban J connectivity index is 0.852. The van der Waals surface area contributed by atoms with Crippen molar-refractivity contribution >= 4 is 43.6 Å². The second-order valence-corrected chi connectivity index (χ2v) is 13.8.